The Balaban J connectivity index is 3.35. The van der Waals surface area contributed by atoms with Crippen LogP contribution in [-0.4, -0.2) is 22.1 Å². The number of carbonyl (C=O) groups excluding carboxylic acids is 1. The zero-order valence-corrected chi connectivity index (χ0v) is 10.7. The minimum absolute atomic E-state index is 0.275. The summed E-state index contributed by atoms with van der Waals surface area (Å²) in [4.78, 5) is 21.0. The van der Waals surface area contributed by atoms with E-state index >= 15 is 0 Å². The Labute approximate surface area is 109 Å². The van der Waals surface area contributed by atoms with Gasteiger partial charge in [0.2, 0.25) is 5.75 Å². The van der Waals surface area contributed by atoms with Crippen LogP contribution in [0.1, 0.15) is 17.3 Å². The number of hydrogen-bond acceptors (Lipinski definition) is 4. The molecular weight excluding hydrogens is 316 g/mol. The molecule has 18 heavy (non-hydrogen) atoms. The van der Waals surface area contributed by atoms with Crippen molar-refractivity contribution in [3.63, 3.8) is 0 Å². The van der Waals surface area contributed by atoms with Crippen molar-refractivity contribution in [1.29, 1.82) is 0 Å². The molecule has 8 heteroatoms. The van der Waals surface area contributed by atoms with Crippen LogP contribution in [0.15, 0.2) is 18.2 Å². The maximum absolute atomic E-state index is 12.1. The average molecular weight is 324 g/mol. The fraction of sp³-hybridized carbons (Fsp3) is 0.300. The van der Waals surface area contributed by atoms with E-state index in [9.17, 15) is 23.7 Å². The molecule has 0 aliphatic rings. The Morgan fingerprint density at radius 3 is 2.56 bits per heavy atom. The third-order valence-corrected chi connectivity index (χ3v) is 2.44. The van der Waals surface area contributed by atoms with Crippen molar-refractivity contribution < 1.29 is 23.2 Å². The first-order valence-electron chi connectivity index (χ1n) is 4.75. The summed E-state index contributed by atoms with van der Waals surface area (Å²) in [5.41, 5.74) is -1.03. The number of para-hydroxylation sites is 1. The summed E-state index contributed by atoms with van der Waals surface area (Å²) < 4.78 is 28.3. The van der Waals surface area contributed by atoms with Gasteiger partial charge in [0, 0.05) is 0 Å². The molecule has 0 spiro atoms. The summed E-state index contributed by atoms with van der Waals surface area (Å²) >= 11 is 2.97. The molecule has 0 heterocycles. The van der Waals surface area contributed by atoms with Crippen LogP contribution in [0, 0.1) is 10.1 Å². The van der Waals surface area contributed by atoms with Crippen LogP contribution in [0.4, 0.5) is 14.5 Å². The molecule has 0 fully saturated rings. The maximum Gasteiger partial charge on any atom is 0.387 e. The second-order valence-corrected chi connectivity index (χ2v) is 4.64. The van der Waals surface area contributed by atoms with Crippen LogP contribution in [0.25, 0.3) is 0 Å². The third-order valence-electron chi connectivity index (χ3n) is 2.02. The minimum Gasteiger partial charge on any atom is -0.427 e. The zero-order valence-electron chi connectivity index (χ0n) is 9.10. The molecule has 0 amide bonds. The predicted octanol–water partition coefficient (Wildman–Crippen LogP) is 3.16. The van der Waals surface area contributed by atoms with Crippen molar-refractivity contribution in [1.82, 2.24) is 0 Å². The number of halogens is 3. The molecule has 98 valence electrons. The summed E-state index contributed by atoms with van der Waals surface area (Å²) in [6, 6.07) is 3.45. The molecule has 0 aromatic heterocycles. The minimum atomic E-state index is -3.20. The summed E-state index contributed by atoms with van der Waals surface area (Å²) in [7, 11) is 0. The van der Waals surface area contributed by atoms with Gasteiger partial charge in [-0.1, -0.05) is 22.0 Å². The van der Waals surface area contributed by atoms with Gasteiger partial charge in [0.1, 0.15) is 5.56 Å². The number of nitro benzene ring substituents is 1. The summed E-state index contributed by atoms with van der Waals surface area (Å²) in [6.45, 7) is -1.72. The van der Waals surface area contributed by atoms with Gasteiger partial charge in [-0.2, -0.15) is 8.78 Å². The van der Waals surface area contributed by atoms with Crippen molar-refractivity contribution in [3.05, 3.63) is 33.9 Å². The number of nitro groups is 1. The van der Waals surface area contributed by atoms with E-state index in [4.69, 9.17) is 0 Å². The Bertz CT molecular complexity index is 479. The molecule has 0 aliphatic heterocycles. The summed E-state index contributed by atoms with van der Waals surface area (Å²) in [6.07, 6.45) is 0. The molecule has 1 atom stereocenters. The van der Waals surface area contributed by atoms with Crippen molar-refractivity contribution in [2.24, 2.45) is 0 Å². The van der Waals surface area contributed by atoms with Crippen molar-refractivity contribution in [3.8, 4) is 5.75 Å². The van der Waals surface area contributed by atoms with Gasteiger partial charge in [0.05, 0.1) is 9.75 Å². The average Bonchev–Trinajstić information content (AvgIpc) is 2.26. The highest BCUT2D eigenvalue weighted by Gasteiger charge is 2.28. The highest BCUT2D eigenvalue weighted by Crippen LogP contribution is 2.33. The first-order chi connectivity index (χ1) is 8.34. The van der Waals surface area contributed by atoms with Crippen LogP contribution < -0.4 is 4.74 Å². The molecule has 0 saturated carbocycles. The van der Waals surface area contributed by atoms with Gasteiger partial charge < -0.3 is 4.74 Å². The predicted molar refractivity (Wildman–Crippen MR) is 62.4 cm³/mol. The Hall–Kier alpha value is -1.57. The molecule has 5 nitrogen and oxygen atoms in total. The van der Waals surface area contributed by atoms with Crippen LogP contribution >= 0.6 is 15.9 Å². The second-order valence-electron chi connectivity index (χ2n) is 3.27. The molecule has 1 aromatic carbocycles. The van der Waals surface area contributed by atoms with E-state index in [1.165, 1.54) is 19.1 Å². The lowest BCUT2D eigenvalue weighted by atomic mass is 10.1. The van der Waals surface area contributed by atoms with Gasteiger partial charge in [-0.05, 0) is 19.1 Å². The Morgan fingerprint density at radius 2 is 2.11 bits per heavy atom. The number of benzene rings is 1. The number of Topliss-reactive ketones (excluding diaryl/α,β-unsaturated/α-hetero) is 1. The Kier molecular flexibility index (Phi) is 4.71. The molecule has 1 unspecified atom stereocenters. The summed E-state index contributed by atoms with van der Waals surface area (Å²) in [5, 5.41) is 10.9. The van der Waals surface area contributed by atoms with Crippen molar-refractivity contribution >= 4 is 27.4 Å². The van der Waals surface area contributed by atoms with Crippen molar-refractivity contribution in [2.45, 2.75) is 18.4 Å². The number of nitrogens with zero attached hydrogens (tertiary/aromatic N) is 1. The topological polar surface area (TPSA) is 69.4 Å². The largest absolute Gasteiger partial charge is 0.427 e. The number of rotatable bonds is 5. The van der Waals surface area contributed by atoms with Gasteiger partial charge in [0.25, 0.3) is 0 Å². The lowest BCUT2D eigenvalue weighted by molar-refractivity contribution is -0.386. The van der Waals surface area contributed by atoms with E-state index < -0.39 is 33.6 Å². The van der Waals surface area contributed by atoms with Gasteiger partial charge in [-0.25, -0.2) is 0 Å². The van der Waals surface area contributed by atoms with Crippen LogP contribution in [0.3, 0.4) is 0 Å². The van der Waals surface area contributed by atoms with Gasteiger partial charge >= 0.3 is 12.3 Å². The van der Waals surface area contributed by atoms with E-state index in [0.29, 0.717) is 0 Å². The standard InChI is InChI=1S/C10H8BrF2NO4/c1-5(11)9(15)6-3-2-4-7(18-10(12)13)8(6)14(16)17/h2-5,10H,1H3. The van der Waals surface area contributed by atoms with E-state index in [0.717, 1.165) is 6.07 Å². The quantitative estimate of drug-likeness (QED) is 0.361. The highest BCUT2D eigenvalue weighted by atomic mass is 79.9. The fourth-order valence-electron chi connectivity index (χ4n) is 1.31. The van der Waals surface area contributed by atoms with Crippen LogP contribution in [-0.2, 0) is 0 Å². The molecule has 0 radical (unpaired) electrons. The smallest absolute Gasteiger partial charge is 0.387 e. The van der Waals surface area contributed by atoms with E-state index in [-0.39, 0.29) is 5.56 Å². The van der Waals surface area contributed by atoms with Crippen LogP contribution in [0.5, 0.6) is 5.75 Å². The number of carbonyl (C=O) groups is 1. The molecule has 1 rings (SSSR count). The highest BCUT2D eigenvalue weighted by molar-refractivity contribution is 9.10. The first kappa shape index (κ1) is 14.5. The lowest BCUT2D eigenvalue weighted by Gasteiger charge is -2.09. The van der Waals surface area contributed by atoms with Gasteiger partial charge in [-0.3, -0.25) is 14.9 Å². The summed E-state index contributed by atoms with van der Waals surface area (Å²) in [5.74, 6) is -1.21. The van der Waals surface area contributed by atoms with Gasteiger partial charge in [-0.15, -0.1) is 0 Å². The molecule has 0 bridgehead atoms. The number of alkyl halides is 3. The normalized spacial score (nSPS) is 12.3. The lowest BCUT2D eigenvalue weighted by Crippen LogP contribution is -2.14. The third kappa shape index (κ3) is 3.22. The van der Waals surface area contributed by atoms with E-state index in [1.807, 2.05) is 0 Å². The van der Waals surface area contributed by atoms with Crippen molar-refractivity contribution in [2.75, 3.05) is 0 Å². The van der Waals surface area contributed by atoms with Gasteiger partial charge in [0.15, 0.2) is 5.78 Å². The number of ketones is 1. The molecule has 0 N–H and O–H groups in total. The molecule has 0 saturated heterocycles. The fourth-order valence-corrected chi connectivity index (χ4v) is 1.56. The van der Waals surface area contributed by atoms with E-state index in [2.05, 4.69) is 20.7 Å². The molecular formula is C10H8BrF2NO4. The van der Waals surface area contributed by atoms with Crippen LogP contribution in [0.2, 0.25) is 0 Å². The number of hydrogen-bond donors (Lipinski definition) is 0. The van der Waals surface area contributed by atoms with E-state index in [1.54, 1.807) is 0 Å². The molecule has 0 aliphatic carbocycles. The molecule has 1 aromatic rings. The number of ether oxygens (including phenoxy) is 1. The Morgan fingerprint density at radius 1 is 1.50 bits per heavy atom. The first-order valence-corrected chi connectivity index (χ1v) is 5.66. The second kappa shape index (κ2) is 5.85. The maximum atomic E-state index is 12.1. The monoisotopic (exact) mass is 323 g/mol. The zero-order chi connectivity index (χ0) is 13.9. The SMILES string of the molecule is CC(Br)C(=O)c1cccc(OC(F)F)c1[N+](=O)[O-].